The summed E-state index contributed by atoms with van der Waals surface area (Å²) in [5.41, 5.74) is -0.546. The fourth-order valence-corrected chi connectivity index (χ4v) is 1.85. The first-order valence-corrected chi connectivity index (χ1v) is 5.88. The number of halogens is 1. The molecule has 0 aliphatic carbocycles. The Kier molecular flexibility index (Phi) is 4.10. The summed E-state index contributed by atoms with van der Waals surface area (Å²) in [7, 11) is 1.46. The highest BCUT2D eigenvalue weighted by Gasteiger charge is 2.48. The summed E-state index contributed by atoms with van der Waals surface area (Å²) in [6.07, 6.45) is 0. The van der Waals surface area contributed by atoms with Crippen LogP contribution in [0.2, 0.25) is 0 Å². The molecule has 0 amide bonds. The molecule has 0 bridgehead atoms. The van der Waals surface area contributed by atoms with Gasteiger partial charge in [-0.05, 0) is 13.8 Å². The summed E-state index contributed by atoms with van der Waals surface area (Å²) in [6, 6.07) is 0. The van der Waals surface area contributed by atoms with Crippen molar-refractivity contribution in [3.05, 3.63) is 0 Å². The molecule has 0 unspecified atom stereocenters. The Labute approximate surface area is 102 Å². The molecule has 0 radical (unpaired) electrons. The maximum absolute atomic E-state index is 11.0. The van der Waals surface area contributed by atoms with Gasteiger partial charge in [0, 0.05) is 8.84 Å². The van der Waals surface area contributed by atoms with E-state index in [1.165, 1.54) is 7.85 Å². The fraction of sp³-hybridized carbons (Fsp3) is 0.900. The van der Waals surface area contributed by atoms with Crippen LogP contribution in [0.4, 0.5) is 4.79 Å². The van der Waals surface area contributed by atoms with Gasteiger partial charge in [-0.2, -0.15) is 0 Å². The number of hydrogen-bond acceptors (Lipinski definition) is 2. The Balaban J connectivity index is 4.97. The van der Waals surface area contributed by atoms with Gasteiger partial charge in [0.05, 0.1) is 0 Å². The monoisotopic (exact) mass is 310 g/mol. The maximum atomic E-state index is 11.0. The molecule has 0 fully saturated rings. The van der Waals surface area contributed by atoms with Crippen LogP contribution in [-0.4, -0.2) is 22.7 Å². The lowest BCUT2D eigenvalue weighted by Crippen LogP contribution is -2.52. The van der Waals surface area contributed by atoms with Gasteiger partial charge in [0.1, 0.15) is 5.60 Å². The minimum absolute atomic E-state index is 0.0592. The van der Waals surface area contributed by atoms with Crippen molar-refractivity contribution in [1.82, 2.24) is 0 Å². The van der Waals surface area contributed by atoms with E-state index in [1.807, 2.05) is 13.8 Å². The summed E-state index contributed by atoms with van der Waals surface area (Å²) >= 11 is 2.40. The van der Waals surface area contributed by atoms with Crippen LogP contribution in [0, 0.1) is 5.41 Å². The van der Waals surface area contributed by atoms with Gasteiger partial charge in [-0.3, -0.25) is 4.79 Å². The summed E-state index contributed by atoms with van der Waals surface area (Å²) in [4.78, 5) is 11.0. The first kappa shape index (κ1) is 14.3. The van der Waals surface area contributed by atoms with Crippen LogP contribution in [0.3, 0.4) is 0 Å². The number of carbonyl (C=O) groups excluding carboxylic acids is 1. The van der Waals surface area contributed by atoms with Gasteiger partial charge in [-0.15, -0.1) is 0 Å². The first-order chi connectivity index (χ1) is 5.92. The van der Waals surface area contributed by atoms with Crippen LogP contribution >= 0.6 is 22.6 Å². The van der Waals surface area contributed by atoms with Gasteiger partial charge < -0.3 is 4.74 Å². The number of rotatable bonds is 3. The van der Waals surface area contributed by atoms with E-state index >= 15 is 0 Å². The van der Waals surface area contributed by atoms with Gasteiger partial charge in [-0.1, -0.05) is 50.3 Å². The Bertz CT molecular complexity index is 229. The molecule has 82 valence electrons. The molecule has 4 heteroatoms. The maximum Gasteiger partial charge on any atom is 0.243 e. The van der Waals surface area contributed by atoms with Crippen molar-refractivity contribution in [2.75, 3.05) is 0 Å². The zero-order valence-electron chi connectivity index (χ0n) is 10.2. The van der Waals surface area contributed by atoms with E-state index in [1.54, 1.807) is 0 Å². The summed E-state index contributed by atoms with van der Waals surface area (Å²) in [5, 5.41) is 0. The molecule has 0 aliphatic rings. The molecule has 0 saturated heterocycles. The molecule has 14 heavy (non-hydrogen) atoms. The molecule has 0 aromatic heterocycles. The van der Waals surface area contributed by atoms with Crippen molar-refractivity contribution in [2.24, 2.45) is 5.41 Å². The third-order valence-corrected chi connectivity index (χ3v) is 4.74. The molecule has 2 nitrogen and oxygen atoms in total. The largest absolute Gasteiger partial charge is 0.468 e. The van der Waals surface area contributed by atoms with E-state index in [0.717, 1.165) is 0 Å². The smallest absolute Gasteiger partial charge is 0.243 e. The number of carbonyl (C=O) groups is 1. The van der Waals surface area contributed by atoms with Gasteiger partial charge in [0.15, 0.2) is 0 Å². The van der Waals surface area contributed by atoms with E-state index < -0.39 is 5.60 Å². The second-order valence-corrected chi connectivity index (χ2v) is 7.90. The van der Waals surface area contributed by atoms with Crippen molar-refractivity contribution >= 4 is 36.3 Å². The molecule has 0 N–H and O–H groups in total. The van der Waals surface area contributed by atoms with E-state index in [9.17, 15) is 4.79 Å². The van der Waals surface area contributed by atoms with Crippen molar-refractivity contribution < 1.29 is 9.53 Å². The van der Waals surface area contributed by atoms with Crippen molar-refractivity contribution in [1.29, 1.82) is 0 Å². The molecule has 0 saturated carbocycles. The predicted octanol–water partition coefficient (Wildman–Crippen LogP) is 2.77. The quantitative estimate of drug-likeness (QED) is 0.455. The van der Waals surface area contributed by atoms with Gasteiger partial charge >= 0.3 is 0 Å². The van der Waals surface area contributed by atoms with E-state index in [0.29, 0.717) is 0 Å². The standard InChI is InChI=1S/C10H20BIO2/c1-8(2,9(3,4)12)10(5,6)14-7(11)13/h11H2,1-6H3. The zero-order chi connectivity index (χ0) is 11.8. The average molecular weight is 310 g/mol. The first-order valence-electron chi connectivity index (χ1n) is 4.80. The van der Waals surface area contributed by atoms with Crippen LogP contribution in [-0.2, 0) is 4.74 Å². The molecule has 0 spiro atoms. The highest BCUT2D eigenvalue weighted by Crippen LogP contribution is 2.47. The summed E-state index contributed by atoms with van der Waals surface area (Å²) in [6.45, 7) is 12.5. The molecular formula is C10H20BIO2. The molecule has 0 aliphatic heterocycles. The van der Waals surface area contributed by atoms with Crippen molar-refractivity contribution in [3.63, 3.8) is 0 Å². The highest BCUT2D eigenvalue weighted by molar-refractivity contribution is 14.1. The molecule has 0 aromatic rings. The van der Waals surface area contributed by atoms with Crippen LogP contribution in [0.25, 0.3) is 0 Å². The van der Waals surface area contributed by atoms with Crippen molar-refractivity contribution in [3.8, 4) is 0 Å². The Morgan fingerprint density at radius 1 is 1.14 bits per heavy atom. The number of alkyl halides is 1. The third kappa shape index (κ3) is 2.88. The van der Waals surface area contributed by atoms with Crippen LogP contribution < -0.4 is 0 Å². The van der Waals surface area contributed by atoms with Gasteiger partial charge in [0.25, 0.3) is 0 Å². The summed E-state index contributed by atoms with van der Waals surface area (Å²) < 4.78 is 5.44. The minimum atomic E-state index is -0.455. The lowest BCUT2D eigenvalue weighted by atomic mass is 9.69. The van der Waals surface area contributed by atoms with Crippen LogP contribution in [0.15, 0.2) is 0 Å². The molecule has 0 rings (SSSR count). The minimum Gasteiger partial charge on any atom is -0.468 e. The molecule has 0 heterocycles. The molecule has 0 atom stereocenters. The molecule has 0 aromatic carbocycles. The topological polar surface area (TPSA) is 26.3 Å². The molecular weight excluding hydrogens is 290 g/mol. The fourth-order valence-electron chi connectivity index (χ4n) is 1.20. The Morgan fingerprint density at radius 3 is 1.71 bits per heavy atom. The second kappa shape index (κ2) is 4.03. The SMILES string of the molecule is BC(=O)OC(C)(C)C(C)(C)C(C)(C)I. The Morgan fingerprint density at radius 2 is 1.50 bits per heavy atom. The van der Waals surface area contributed by atoms with Crippen LogP contribution in [0.5, 0.6) is 0 Å². The Hall–Kier alpha value is 0.265. The normalized spacial score (nSPS) is 13.9. The third-order valence-electron chi connectivity index (χ3n) is 3.39. The lowest BCUT2D eigenvalue weighted by Gasteiger charge is -2.48. The second-order valence-electron chi connectivity index (χ2n) is 5.20. The van der Waals surface area contributed by atoms with Crippen molar-refractivity contribution in [2.45, 2.75) is 50.6 Å². The zero-order valence-corrected chi connectivity index (χ0v) is 12.4. The predicted molar refractivity (Wildman–Crippen MR) is 71.0 cm³/mol. The average Bonchev–Trinajstić information content (AvgIpc) is 1.80. The highest BCUT2D eigenvalue weighted by atomic mass is 127. The number of hydrogen-bond donors (Lipinski definition) is 0. The van der Waals surface area contributed by atoms with Gasteiger partial charge in [0.2, 0.25) is 13.7 Å². The number of ether oxygens (including phenoxy) is 1. The van der Waals surface area contributed by atoms with E-state index in [-0.39, 0.29) is 14.7 Å². The van der Waals surface area contributed by atoms with E-state index in [4.69, 9.17) is 4.74 Å². The van der Waals surface area contributed by atoms with Crippen LogP contribution in [0.1, 0.15) is 41.5 Å². The van der Waals surface area contributed by atoms with Gasteiger partial charge in [-0.25, -0.2) is 0 Å². The summed E-state index contributed by atoms with van der Waals surface area (Å²) in [5.74, 6) is -0.219. The van der Waals surface area contributed by atoms with E-state index in [2.05, 4.69) is 50.3 Å². The lowest BCUT2D eigenvalue weighted by molar-refractivity contribution is -0.0488.